The van der Waals surface area contributed by atoms with Gasteiger partial charge in [-0.1, -0.05) is 6.92 Å². The van der Waals surface area contributed by atoms with Crippen LogP contribution in [0, 0.1) is 0 Å². The van der Waals surface area contributed by atoms with Crippen molar-refractivity contribution in [1.29, 1.82) is 0 Å². The van der Waals surface area contributed by atoms with Gasteiger partial charge in [-0.05, 0) is 6.42 Å². The number of carbonyl (C=O) groups excluding carboxylic acids is 1. The summed E-state index contributed by atoms with van der Waals surface area (Å²) in [6.07, 6.45) is 0.373. The van der Waals surface area contributed by atoms with Crippen LogP contribution in [0.25, 0.3) is 0 Å². The van der Waals surface area contributed by atoms with Crippen LogP contribution in [0.5, 0.6) is 0 Å². The number of aliphatic carboxylic acids is 1. The van der Waals surface area contributed by atoms with Crippen molar-refractivity contribution in [2.24, 2.45) is 0 Å². The molecule has 0 radical (unpaired) electrons. The maximum Gasteiger partial charge on any atom is 2.00 e. The zero-order valence-corrected chi connectivity index (χ0v) is 13.4. The molecule has 0 spiro atoms. The van der Waals surface area contributed by atoms with E-state index in [1.165, 1.54) is 0 Å². The maximum absolute atomic E-state index is 11.3. The fourth-order valence-corrected chi connectivity index (χ4v) is 1.40. The standard InChI is InChI=1S/C11H21NO4.Ca/c1-5-6-11(15)16-9(7-10(13)14)8-12(2,3)4;/h9H,5-8H2,1-4H3;/q;+2/p+1/t9-;/m1./s1. The smallest absolute Gasteiger partial charge is 0.481 e. The number of carboxylic acids is 1. The Balaban J connectivity index is 0. The molecule has 0 saturated carbocycles. The van der Waals surface area contributed by atoms with E-state index in [0.29, 0.717) is 23.9 Å². The number of hydrogen-bond donors (Lipinski definition) is 1. The fraction of sp³-hybridized carbons (Fsp3) is 0.818. The molecule has 0 aliphatic rings. The molecule has 0 heterocycles. The molecule has 0 amide bonds. The first-order chi connectivity index (χ1) is 7.24. The van der Waals surface area contributed by atoms with Gasteiger partial charge in [0.1, 0.15) is 6.54 Å². The van der Waals surface area contributed by atoms with Crippen molar-refractivity contribution in [2.75, 3.05) is 27.7 Å². The third-order valence-electron chi connectivity index (χ3n) is 1.91. The van der Waals surface area contributed by atoms with E-state index in [4.69, 9.17) is 9.84 Å². The van der Waals surface area contributed by atoms with Crippen LogP contribution in [0.2, 0.25) is 0 Å². The number of likely N-dealkylation sites (N-methyl/N-ethyl adjacent to an activating group) is 1. The van der Waals surface area contributed by atoms with E-state index in [1.54, 1.807) is 0 Å². The van der Waals surface area contributed by atoms with Gasteiger partial charge in [0, 0.05) is 6.42 Å². The average Bonchev–Trinajstić information content (AvgIpc) is 1.98. The summed E-state index contributed by atoms with van der Waals surface area (Å²) >= 11 is 0. The van der Waals surface area contributed by atoms with Crippen molar-refractivity contribution in [1.82, 2.24) is 0 Å². The molecular weight excluding hydrogens is 250 g/mol. The number of rotatable bonds is 7. The number of quaternary nitrogens is 1. The van der Waals surface area contributed by atoms with Crippen LogP contribution in [0.1, 0.15) is 26.2 Å². The molecule has 5 nitrogen and oxygen atoms in total. The summed E-state index contributed by atoms with van der Waals surface area (Å²) in [7, 11) is 5.80. The van der Waals surface area contributed by atoms with Crippen LogP contribution in [0.15, 0.2) is 0 Å². The van der Waals surface area contributed by atoms with Gasteiger partial charge in [-0.25, -0.2) is 0 Å². The zero-order chi connectivity index (χ0) is 12.8. The first-order valence-corrected chi connectivity index (χ1v) is 5.46. The second-order valence-corrected chi connectivity index (χ2v) is 4.93. The predicted molar refractivity (Wildman–Crippen MR) is 65.7 cm³/mol. The molecule has 0 aromatic rings. The Morgan fingerprint density at radius 3 is 2.18 bits per heavy atom. The average molecular weight is 272 g/mol. The van der Waals surface area contributed by atoms with Gasteiger partial charge < -0.3 is 14.3 Å². The Morgan fingerprint density at radius 1 is 1.29 bits per heavy atom. The largest absolute Gasteiger partial charge is 2.00 e. The molecule has 0 rings (SSSR count). The number of carbonyl (C=O) groups is 2. The van der Waals surface area contributed by atoms with E-state index in [-0.39, 0.29) is 50.1 Å². The summed E-state index contributed by atoms with van der Waals surface area (Å²) in [5, 5.41) is 8.73. The predicted octanol–water partition coefficient (Wildman–Crippen LogP) is 0.498. The molecule has 94 valence electrons. The molecule has 0 unspecified atom stereocenters. The normalized spacial score (nSPS) is 12.5. The monoisotopic (exact) mass is 272 g/mol. The molecule has 6 heteroatoms. The van der Waals surface area contributed by atoms with Gasteiger partial charge in [-0.2, -0.15) is 0 Å². The van der Waals surface area contributed by atoms with Crippen LogP contribution < -0.4 is 0 Å². The number of hydrogen-bond acceptors (Lipinski definition) is 3. The molecule has 0 saturated heterocycles. The Kier molecular flexibility index (Phi) is 10.5. The number of nitrogens with zero attached hydrogens (tertiary/aromatic N) is 1. The van der Waals surface area contributed by atoms with E-state index in [9.17, 15) is 9.59 Å². The maximum atomic E-state index is 11.3. The molecule has 0 bridgehead atoms. The second kappa shape index (κ2) is 9.14. The minimum absolute atomic E-state index is 0. The van der Waals surface area contributed by atoms with Crippen molar-refractivity contribution in [3.05, 3.63) is 0 Å². The van der Waals surface area contributed by atoms with E-state index in [2.05, 4.69) is 0 Å². The van der Waals surface area contributed by atoms with Crippen LogP contribution in [-0.2, 0) is 14.3 Å². The second-order valence-electron chi connectivity index (χ2n) is 4.93. The molecule has 0 aliphatic carbocycles. The molecule has 1 atom stereocenters. The van der Waals surface area contributed by atoms with Crippen molar-refractivity contribution in [2.45, 2.75) is 32.3 Å². The van der Waals surface area contributed by atoms with Crippen molar-refractivity contribution < 1.29 is 23.9 Å². The van der Waals surface area contributed by atoms with Gasteiger partial charge >= 0.3 is 49.7 Å². The molecule has 0 aromatic carbocycles. The van der Waals surface area contributed by atoms with E-state index in [0.717, 1.165) is 0 Å². The van der Waals surface area contributed by atoms with E-state index < -0.39 is 12.1 Å². The van der Waals surface area contributed by atoms with Gasteiger partial charge in [0.05, 0.1) is 27.6 Å². The fourth-order valence-electron chi connectivity index (χ4n) is 1.40. The number of esters is 1. The van der Waals surface area contributed by atoms with Crippen molar-refractivity contribution >= 4 is 49.7 Å². The molecule has 17 heavy (non-hydrogen) atoms. The third kappa shape index (κ3) is 12.4. The van der Waals surface area contributed by atoms with Crippen molar-refractivity contribution in [3.8, 4) is 0 Å². The van der Waals surface area contributed by atoms with Crippen LogP contribution in [0.4, 0.5) is 0 Å². The molecule has 0 aromatic heterocycles. The van der Waals surface area contributed by atoms with Gasteiger partial charge in [-0.3, -0.25) is 9.59 Å². The van der Waals surface area contributed by atoms with Gasteiger partial charge in [0.15, 0.2) is 6.10 Å². The van der Waals surface area contributed by atoms with Crippen LogP contribution >= 0.6 is 0 Å². The van der Waals surface area contributed by atoms with Crippen molar-refractivity contribution in [3.63, 3.8) is 0 Å². The minimum atomic E-state index is -0.942. The Hall–Kier alpha value is 0.160. The Labute approximate surface area is 133 Å². The summed E-state index contributed by atoms with van der Waals surface area (Å²) in [5.74, 6) is -1.26. The summed E-state index contributed by atoms with van der Waals surface area (Å²) in [4.78, 5) is 21.9. The first-order valence-electron chi connectivity index (χ1n) is 5.46. The summed E-state index contributed by atoms with van der Waals surface area (Å²) in [6.45, 7) is 2.38. The quantitative estimate of drug-likeness (QED) is 0.416. The van der Waals surface area contributed by atoms with E-state index in [1.807, 2.05) is 28.1 Å². The SMILES string of the molecule is CCCC(=O)O[C@H](CC(=O)O)C[N+](C)(C)C.[Ca+2]. The molecule has 0 aliphatic heterocycles. The topological polar surface area (TPSA) is 63.6 Å². The molecular formula is C11H22CaNO4+3. The zero-order valence-electron chi connectivity index (χ0n) is 11.2. The van der Waals surface area contributed by atoms with Gasteiger partial charge in [0.25, 0.3) is 0 Å². The van der Waals surface area contributed by atoms with Crippen LogP contribution in [-0.4, -0.2) is 93.1 Å². The summed E-state index contributed by atoms with van der Waals surface area (Å²) in [5.41, 5.74) is 0. The minimum Gasteiger partial charge on any atom is -0.481 e. The number of ether oxygens (including phenoxy) is 1. The van der Waals surface area contributed by atoms with Gasteiger partial charge in [0.2, 0.25) is 0 Å². The van der Waals surface area contributed by atoms with Gasteiger partial charge in [-0.15, -0.1) is 0 Å². The van der Waals surface area contributed by atoms with Crippen LogP contribution in [0.3, 0.4) is 0 Å². The molecule has 1 N–H and O–H groups in total. The summed E-state index contributed by atoms with van der Waals surface area (Å²) in [6, 6.07) is 0. The van der Waals surface area contributed by atoms with E-state index >= 15 is 0 Å². The first kappa shape index (κ1) is 19.5. The third-order valence-corrected chi connectivity index (χ3v) is 1.91. The summed E-state index contributed by atoms with van der Waals surface area (Å²) < 4.78 is 5.71. The number of carboxylic acid groups (broad SMARTS) is 1. The Bertz CT molecular complexity index is 250. The molecule has 0 fully saturated rings. The Morgan fingerprint density at radius 2 is 1.82 bits per heavy atom.